The van der Waals surface area contributed by atoms with Crippen molar-refractivity contribution in [3.63, 3.8) is 0 Å². The van der Waals surface area contributed by atoms with Gasteiger partial charge in [0, 0.05) is 12.0 Å². The average molecular weight is 329 g/mol. The third-order valence-electron chi connectivity index (χ3n) is 4.85. The van der Waals surface area contributed by atoms with Crippen LogP contribution in [0.1, 0.15) is 38.2 Å². The molecule has 1 heterocycles. The van der Waals surface area contributed by atoms with Crippen LogP contribution in [0.4, 0.5) is 4.79 Å². The normalized spacial score (nSPS) is 21.5. The van der Waals surface area contributed by atoms with E-state index in [9.17, 15) is 14.4 Å². The van der Waals surface area contributed by atoms with Crippen LogP contribution in [0.25, 0.3) is 0 Å². The van der Waals surface area contributed by atoms with Gasteiger partial charge in [-0.25, -0.2) is 4.79 Å². The monoisotopic (exact) mass is 329 g/mol. The maximum Gasteiger partial charge on any atom is 0.325 e. The lowest BCUT2D eigenvalue weighted by Crippen LogP contribution is -2.43. The number of nitrogens with one attached hydrogen (secondary N) is 2. The van der Waals surface area contributed by atoms with Gasteiger partial charge in [0.15, 0.2) is 0 Å². The van der Waals surface area contributed by atoms with Gasteiger partial charge < -0.3 is 10.6 Å². The van der Waals surface area contributed by atoms with Crippen LogP contribution in [0.15, 0.2) is 30.3 Å². The zero-order valence-electron chi connectivity index (χ0n) is 13.9. The minimum absolute atomic E-state index is 0.0128. The molecular formula is C18H23N3O3. The Hall–Kier alpha value is -2.37. The first-order valence-corrected chi connectivity index (χ1v) is 8.50. The van der Waals surface area contributed by atoms with Crippen LogP contribution in [0.3, 0.4) is 0 Å². The summed E-state index contributed by atoms with van der Waals surface area (Å²) in [5.74, 6) is -0.598. The molecule has 3 rings (SSSR count). The summed E-state index contributed by atoms with van der Waals surface area (Å²) in [4.78, 5) is 37.2. The topological polar surface area (TPSA) is 78.5 Å². The first kappa shape index (κ1) is 16.5. The summed E-state index contributed by atoms with van der Waals surface area (Å²) in [6, 6.07) is 9.16. The number of carbonyl (C=O) groups is 3. The van der Waals surface area contributed by atoms with Gasteiger partial charge in [0.05, 0.1) is 0 Å². The molecule has 6 nitrogen and oxygen atoms in total. The SMILES string of the molecule is CCC[C@@H]1NC(=O)N(CC(=O)NCC2(c3ccccc3)CC2)C1=O. The number of carbonyl (C=O) groups excluding carboxylic acids is 3. The van der Waals surface area contributed by atoms with Crippen LogP contribution >= 0.6 is 0 Å². The van der Waals surface area contributed by atoms with E-state index >= 15 is 0 Å². The van der Waals surface area contributed by atoms with E-state index in [1.54, 1.807) is 0 Å². The third kappa shape index (κ3) is 3.27. The molecular weight excluding hydrogens is 306 g/mol. The molecule has 1 aliphatic carbocycles. The number of urea groups is 1. The summed E-state index contributed by atoms with van der Waals surface area (Å²) in [5, 5.41) is 5.51. The van der Waals surface area contributed by atoms with Gasteiger partial charge in [-0.3, -0.25) is 14.5 Å². The number of hydrogen-bond acceptors (Lipinski definition) is 3. The molecule has 0 spiro atoms. The lowest BCUT2D eigenvalue weighted by atomic mass is 9.96. The molecule has 0 aromatic heterocycles. The smallest absolute Gasteiger partial charge is 0.325 e. The van der Waals surface area contributed by atoms with Crippen LogP contribution in [0.2, 0.25) is 0 Å². The van der Waals surface area contributed by atoms with Crippen molar-refractivity contribution in [2.45, 2.75) is 44.1 Å². The zero-order valence-corrected chi connectivity index (χ0v) is 13.9. The lowest BCUT2D eigenvalue weighted by molar-refractivity contribution is -0.132. The van der Waals surface area contributed by atoms with Gasteiger partial charge in [-0.05, 0) is 24.8 Å². The molecule has 6 heteroatoms. The van der Waals surface area contributed by atoms with E-state index in [4.69, 9.17) is 0 Å². The summed E-state index contributed by atoms with van der Waals surface area (Å²) in [7, 11) is 0. The van der Waals surface area contributed by atoms with E-state index in [1.165, 1.54) is 5.56 Å². The molecule has 0 radical (unpaired) electrons. The van der Waals surface area contributed by atoms with E-state index in [0.29, 0.717) is 13.0 Å². The molecule has 2 N–H and O–H groups in total. The quantitative estimate of drug-likeness (QED) is 0.745. The lowest BCUT2D eigenvalue weighted by Gasteiger charge is -2.18. The molecule has 0 bridgehead atoms. The Balaban J connectivity index is 1.53. The van der Waals surface area contributed by atoms with Gasteiger partial charge in [-0.15, -0.1) is 0 Å². The molecule has 0 unspecified atom stereocenters. The molecule has 1 atom stereocenters. The van der Waals surface area contributed by atoms with Crippen molar-refractivity contribution in [3.05, 3.63) is 35.9 Å². The number of benzene rings is 1. The number of nitrogens with zero attached hydrogens (tertiary/aromatic N) is 1. The van der Waals surface area contributed by atoms with Crippen LogP contribution in [0.5, 0.6) is 0 Å². The Kier molecular flexibility index (Phi) is 4.55. The summed E-state index contributed by atoms with van der Waals surface area (Å²) in [5.41, 5.74) is 1.24. The van der Waals surface area contributed by atoms with Crippen molar-refractivity contribution in [1.29, 1.82) is 0 Å². The fourth-order valence-corrected chi connectivity index (χ4v) is 3.19. The molecule has 128 valence electrons. The van der Waals surface area contributed by atoms with Crippen molar-refractivity contribution in [2.24, 2.45) is 0 Å². The second-order valence-corrected chi connectivity index (χ2v) is 6.64. The van der Waals surface area contributed by atoms with Gasteiger partial charge in [0.25, 0.3) is 5.91 Å². The minimum Gasteiger partial charge on any atom is -0.354 e. The van der Waals surface area contributed by atoms with Crippen molar-refractivity contribution in [3.8, 4) is 0 Å². The fourth-order valence-electron chi connectivity index (χ4n) is 3.19. The first-order chi connectivity index (χ1) is 11.6. The standard InChI is InChI=1S/C18H23N3O3/c1-2-6-14-16(23)21(17(24)20-14)11-15(22)19-12-18(9-10-18)13-7-4-3-5-8-13/h3-5,7-8,14H,2,6,9-12H2,1H3,(H,19,22)(H,20,24)/t14-/m0/s1. The van der Waals surface area contributed by atoms with E-state index < -0.39 is 12.1 Å². The van der Waals surface area contributed by atoms with Gasteiger partial charge in [0.2, 0.25) is 5.91 Å². The van der Waals surface area contributed by atoms with Crippen molar-refractivity contribution in [1.82, 2.24) is 15.5 Å². The van der Waals surface area contributed by atoms with Crippen LogP contribution in [-0.4, -0.2) is 41.9 Å². The molecule has 2 aliphatic rings. The molecule has 1 saturated heterocycles. The summed E-state index contributed by atoms with van der Waals surface area (Å²) in [6.07, 6.45) is 3.48. The fraction of sp³-hybridized carbons (Fsp3) is 0.500. The predicted molar refractivity (Wildman–Crippen MR) is 89.3 cm³/mol. The highest BCUT2D eigenvalue weighted by Crippen LogP contribution is 2.47. The number of hydrogen-bond donors (Lipinski definition) is 2. The number of imide groups is 1. The highest BCUT2D eigenvalue weighted by molar-refractivity contribution is 6.06. The highest BCUT2D eigenvalue weighted by Gasteiger charge is 2.44. The van der Waals surface area contributed by atoms with Gasteiger partial charge >= 0.3 is 6.03 Å². The number of rotatable bonds is 7. The van der Waals surface area contributed by atoms with Crippen molar-refractivity contribution < 1.29 is 14.4 Å². The first-order valence-electron chi connectivity index (χ1n) is 8.50. The molecule has 1 aromatic carbocycles. The average Bonchev–Trinajstić information content (AvgIpc) is 3.34. The van der Waals surface area contributed by atoms with Crippen LogP contribution in [0, 0.1) is 0 Å². The largest absolute Gasteiger partial charge is 0.354 e. The second kappa shape index (κ2) is 6.63. The molecule has 1 aliphatic heterocycles. The van der Waals surface area contributed by atoms with Crippen LogP contribution < -0.4 is 10.6 Å². The third-order valence-corrected chi connectivity index (χ3v) is 4.85. The van der Waals surface area contributed by atoms with Gasteiger partial charge in [0.1, 0.15) is 12.6 Å². The van der Waals surface area contributed by atoms with Crippen molar-refractivity contribution >= 4 is 17.8 Å². The summed E-state index contributed by atoms with van der Waals surface area (Å²) in [6.45, 7) is 2.28. The summed E-state index contributed by atoms with van der Waals surface area (Å²) < 4.78 is 0. The second-order valence-electron chi connectivity index (χ2n) is 6.64. The number of amides is 4. The summed E-state index contributed by atoms with van der Waals surface area (Å²) >= 11 is 0. The Morgan fingerprint density at radius 3 is 2.62 bits per heavy atom. The zero-order chi connectivity index (χ0) is 17.2. The highest BCUT2D eigenvalue weighted by atomic mass is 16.2. The molecule has 1 aromatic rings. The molecule has 1 saturated carbocycles. The minimum atomic E-state index is -0.491. The van der Waals surface area contributed by atoms with E-state index in [2.05, 4.69) is 22.8 Å². The molecule has 2 fully saturated rings. The van der Waals surface area contributed by atoms with Gasteiger partial charge in [-0.1, -0.05) is 43.7 Å². The van der Waals surface area contributed by atoms with E-state index in [1.807, 2.05) is 25.1 Å². The van der Waals surface area contributed by atoms with E-state index in [-0.39, 0.29) is 23.8 Å². The van der Waals surface area contributed by atoms with E-state index in [0.717, 1.165) is 24.2 Å². The van der Waals surface area contributed by atoms with Crippen LogP contribution in [-0.2, 0) is 15.0 Å². The molecule has 4 amide bonds. The Labute approximate surface area is 141 Å². The Bertz CT molecular complexity index is 640. The predicted octanol–water partition coefficient (Wildman–Crippen LogP) is 1.55. The van der Waals surface area contributed by atoms with Crippen molar-refractivity contribution in [2.75, 3.05) is 13.1 Å². The Morgan fingerprint density at radius 2 is 2.00 bits per heavy atom. The Morgan fingerprint density at radius 1 is 1.29 bits per heavy atom. The van der Waals surface area contributed by atoms with Gasteiger partial charge in [-0.2, -0.15) is 0 Å². The maximum atomic E-state index is 12.2. The maximum absolute atomic E-state index is 12.2. The molecule has 24 heavy (non-hydrogen) atoms.